The number of ether oxygens (including phenoxy) is 1. The van der Waals surface area contributed by atoms with Gasteiger partial charge in [-0.2, -0.15) is 0 Å². The Hall–Kier alpha value is -2.79. The number of amides is 1. The molecule has 0 aliphatic heterocycles. The Morgan fingerprint density at radius 1 is 1.22 bits per heavy atom. The van der Waals surface area contributed by atoms with Gasteiger partial charge in [0.25, 0.3) is 5.91 Å². The van der Waals surface area contributed by atoms with Crippen LogP contribution >= 0.6 is 11.6 Å². The summed E-state index contributed by atoms with van der Waals surface area (Å²) < 4.78 is 7.69. The van der Waals surface area contributed by atoms with Crippen LogP contribution in [0.25, 0.3) is 5.69 Å². The van der Waals surface area contributed by atoms with Gasteiger partial charge in [0.2, 0.25) is 0 Å². The predicted molar refractivity (Wildman–Crippen MR) is 106 cm³/mol. The molecule has 0 saturated carbocycles. The molecule has 140 valence electrons. The SMILES string of the molecule is Cc1cc(O[C@@H](C)C(=O)NCc2ccc(-n3ccnc3)cc2)cc(C)c1Cl. The zero-order valence-electron chi connectivity index (χ0n) is 15.6. The molecule has 0 fully saturated rings. The number of aromatic nitrogens is 2. The van der Waals surface area contributed by atoms with Gasteiger partial charge in [-0.15, -0.1) is 0 Å². The molecule has 27 heavy (non-hydrogen) atoms. The second-order valence-corrected chi connectivity index (χ2v) is 6.86. The number of hydrogen-bond donors (Lipinski definition) is 1. The van der Waals surface area contributed by atoms with Crippen molar-refractivity contribution in [2.75, 3.05) is 0 Å². The molecule has 0 aliphatic carbocycles. The Morgan fingerprint density at radius 2 is 1.89 bits per heavy atom. The van der Waals surface area contributed by atoms with Crippen molar-refractivity contribution in [3.63, 3.8) is 0 Å². The van der Waals surface area contributed by atoms with Gasteiger partial charge in [0, 0.05) is 29.6 Å². The molecular weight excluding hydrogens is 362 g/mol. The van der Waals surface area contributed by atoms with E-state index in [9.17, 15) is 4.79 Å². The summed E-state index contributed by atoms with van der Waals surface area (Å²) in [5.41, 5.74) is 3.89. The topological polar surface area (TPSA) is 56.1 Å². The maximum Gasteiger partial charge on any atom is 0.261 e. The highest BCUT2D eigenvalue weighted by Crippen LogP contribution is 2.26. The summed E-state index contributed by atoms with van der Waals surface area (Å²) in [6, 6.07) is 11.6. The van der Waals surface area contributed by atoms with Gasteiger partial charge >= 0.3 is 0 Å². The molecule has 0 unspecified atom stereocenters. The second kappa shape index (κ2) is 8.27. The zero-order valence-corrected chi connectivity index (χ0v) is 16.3. The van der Waals surface area contributed by atoms with Gasteiger partial charge in [0.1, 0.15) is 5.75 Å². The van der Waals surface area contributed by atoms with Crippen LogP contribution in [0.3, 0.4) is 0 Å². The molecule has 1 aromatic heterocycles. The van der Waals surface area contributed by atoms with Crippen LogP contribution in [0, 0.1) is 13.8 Å². The van der Waals surface area contributed by atoms with E-state index >= 15 is 0 Å². The average molecular weight is 384 g/mol. The van der Waals surface area contributed by atoms with E-state index in [2.05, 4.69) is 10.3 Å². The van der Waals surface area contributed by atoms with Gasteiger partial charge in [0.05, 0.1) is 6.33 Å². The van der Waals surface area contributed by atoms with Crippen LogP contribution in [0.15, 0.2) is 55.1 Å². The first-order valence-electron chi connectivity index (χ1n) is 8.72. The van der Waals surface area contributed by atoms with Crippen LogP contribution in [0.4, 0.5) is 0 Å². The largest absolute Gasteiger partial charge is 0.481 e. The summed E-state index contributed by atoms with van der Waals surface area (Å²) in [4.78, 5) is 16.4. The van der Waals surface area contributed by atoms with Crippen molar-refractivity contribution in [3.8, 4) is 11.4 Å². The van der Waals surface area contributed by atoms with Crippen LogP contribution in [-0.4, -0.2) is 21.6 Å². The first kappa shape index (κ1) is 19.0. The molecule has 1 N–H and O–H groups in total. The van der Waals surface area contributed by atoms with Crippen molar-refractivity contribution < 1.29 is 9.53 Å². The molecule has 5 nitrogen and oxygen atoms in total. The Balaban J connectivity index is 1.55. The quantitative estimate of drug-likeness (QED) is 0.693. The van der Waals surface area contributed by atoms with Gasteiger partial charge in [-0.3, -0.25) is 4.79 Å². The number of nitrogens with zero attached hydrogens (tertiary/aromatic N) is 2. The van der Waals surface area contributed by atoms with E-state index in [1.54, 1.807) is 19.4 Å². The fraction of sp³-hybridized carbons (Fsp3) is 0.238. The predicted octanol–water partition coefficient (Wildman–Crippen LogP) is 4.23. The summed E-state index contributed by atoms with van der Waals surface area (Å²) in [6.07, 6.45) is 4.76. The molecule has 2 aromatic carbocycles. The number of aryl methyl sites for hydroxylation is 2. The molecule has 3 rings (SSSR count). The van der Waals surface area contributed by atoms with Crippen molar-refractivity contribution in [1.29, 1.82) is 0 Å². The van der Waals surface area contributed by atoms with E-state index in [0.29, 0.717) is 12.3 Å². The number of carbonyl (C=O) groups is 1. The van der Waals surface area contributed by atoms with Gasteiger partial charge < -0.3 is 14.6 Å². The Bertz CT molecular complexity index is 898. The van der Waals surface area contributed by atoms with Crippen LogP contribution in [0.2, 0.25) is 5.02 Å². The molecule has 0 bridgehead atoms. The third-order valence-corrected chi connectivity index (χ3v) is 4.89. The highest BCUT2D eigenvalue weighted by Gasteiger charge is 2.15. The van der Waals surface area contributed by atoms with E-state index in [1.807, 2.05) is 61.0 Å². The Morgan fingerprint density at radius 3 is 2.48 bits per heavy atom. The van der Waals surface area contributed by atoms with E-state index < -0.39 is 6.10 Å². The summed E-state index contributed by atoms with van der Waals surface area (Å²) >= 11 is 6.17. The smallest absolute Gasteiger partial charge is 0.261 e. The highest BCUT2D eigenvalue weighted by atomic mass is 35.5. The molecule has 1 amide bonds. The second-order valence-electron chi connectivity index (χ2n) is 6.49. The Labute approximate surface area is 164 Å². The number of nitrogens with one attached hydrogen (secondary N) is 1. The minimum atomic E-state index is -0.602. The van der Waals surface area contributed by atoms with Crippen molar-refractivity contribution in [3.05, 3.63) is 76.8 Å². The van der Waals surface area contributed by atoms with E-state index in [0.717, 1.165) is 27.4 Å². The van der Waals surface area contributed by atoms with Crippen LogP contribution in [-0.2, 0) is 11.3 Å². The van der Waals surface area contributed by atoms with E-state index in [-0.39, 0.29) is 5.91 Å². The van der Waals surface area contributed by atoms with Crippen molar-refractivity contribution in [1.82, 2.24) is 14.9 Å². The monoisotopic (exact) mass is 383 g/mol. The lowest BCUT2D eigenvalue weighted by molar-refractivity contribution is -0.127. The lowest BCUT2D eigenvalue weighted by Crippen LogP contribution is -2.35. The number of halogens is 1. The molecule has 0 saturated heterocycles. The minimum absolute atomic E-state index is 0.168. The first-order chi connectivity index (χ1) is 12.9. The molecule has 1 heterocycles. The van der Waals surface area contributed by atoms with Crippen LogP contribution < -0.4 is 10.1 Å². The van der Waals surface area contributed by atoms with E-state index in [1.165, 1.54) is 0 Å². The third kappa shape index (κ3) is 4.68. The number of hydrogen-bond acceptors (Lipinski definition) is 3. The fourth-order valence-corrected chi connectivity index (χ4v) is 2.87. The number of benzene rings is 2. The highest BCUT2D eigenvalue weighted by molar-refractivity contribution is 6.32. The zero-order chi connectivity index (χ0) is 19.4. The first-order valence-corrected chi connectivity index (χ1v) is 9.10. The standard InChI is InChI=1S/C21H22ClN3O2/c1-14-10-19(11-15(2)20(14)22)27-16(3)21(26)24-12-17-4-6-18(7-5-17)25-9-8-23-13-25/h4-11,13,16H,12H2,1-3H3,(H,24,26)/t16-/m0/s1. The summed E-state index contributed by atoms with van der Waals surface area (Å²) in [7, 11) is 0. The summed E-state index contributed by atoms with van der Waals surface area (Å²) in [5.74, 6) is 0.473. The van der Waals surface area contributed by atoms with Crippen molar-refractivity contribution in [2.24, 2.45) is 0 Å². The number of imidazole rings is 1. The van der Waals surface area contributed by atoms with Crippen LogP contribution in [0.1, 0.15) is 23.6 Å². The molecule has 1 atom stereocenters. The minimum Gasteiger partial charge on any atom is -0.481 e. The normalized spacial score (nSPS) is 11.9. The van der Waals surface area contributed by atoms with Gasteiger partial charge in [-0.05, 0) is 61.7 Å². The fourth-order valence-electron chi connectivity index (χ4n) is 2.76. The van der Waals surface area contributed by atoms with Crippen LogP contribution in [0.5, 0.6) is 5.75 Å². The molecular formula is C21H22ClN3O2. The molecule has 0 aliphatic rings. The van der Waals surface area contributed by atoms with Crippen molar-refractivity contribution >= 4 is 17.5 Å². The van der Waals surface area contributed by atoms with Gasteiger partial charge in [-0.25, -0.2) is 4.98 Å². The maximum atomic E-state index is 12.3. The molecule has 6 heteroatoms. The van der Waals surface area contributed by atoms with Gasteiger partial charge in [-0.1, -0.05) is 23.7 Å². The van der Waals surface area contributed by atoms with Gasteiger partial charge in [0.15, 0.2) is 6.10 Å². The number of rotatable bonds is 6. The average Bonchev–Trinajstić information content (AvgIpc) is 3.19. The number of carbonyl (C=O) groups excluding carboxylic acids is 1. The molecule has 0 spiro atoms. The lowest BCUT2D eigenvalue weighted by Gasteiger charge is -2.16. The van der Waals surface area contributed by atoms with Crippen molar-refractivity contribution in [2.45, 2.75) is 33.4 Å². The summed E-state index contributed by atoms with van der Waals surface area (Å²) in [5, 5.41) is 3.63. The lowest BCUT2D eigenvalue weighted by atomic mass is 10.1. The third-order valence-electron chi connectivity index (χ3n) is 4.30. The Kier molecular flexibility index (Phi) is 5.81. The molecule has 0 radical (unpaired) electrons. The maximum absolute atomic E-state index is 12.3. The molecule has 3 aromatic rings. The summed E-state index contributed by atoms with van der Waals surface area (Å²) in [6.45, 7) is 6.01. The van der Waals surface area contributed by atoms with E-state index in [4.69, 9.17) is 16.3 Å².